The van der Waals surface area contributed by atoms with Crippen LogP contribution in [0.4, 0.5) is 0 Å². The Hall–Kier alpha value is -2.34. The minimum Gasteiger partial charge on any atom is -0.491 e. The molecule has 2 aromatic rings. The lowest BCUT2D eigenvalue weighted by molar-refractivity contribution is 0.0717. The Labute approximate surface area is 149 Å². The SMILES string of the molecule is CN(C)CCOc1ccccc1C(=O)N1CCC[C@@H]1Cn1cccn1. The Bertz CT molecular complexity index is 684. The van der Waals surface area contributed by atoms with Crippen molar-refractivity contribution in [3.8, 4) is 5.75 Å². The minimum absolute atomic E-state index is 0.0510. The highest BCUT2D eigenvalue weighted by atomic mass is 16.5. The van der Waals surface area contributed by atoms with Crippen LogP contribution < -0.4 is 4.74 Å². The molecule has 134 valence electrons. The summed E-state index contributed by atoms with van der Waals surface area (Å²) in [7, 11) is 4.01. The maximum absolute atomic E-state index is 13.1. The van der Waals surface area contributed by atoms with Gasteiger partial charge in [0.05, 0.1) is 18.2 Å². The number of carbonyl (C=O) groups excluding carboxylic acids is 1. The highest BCUT2D eigenvalue weighted by molar-refractivity contribution is 5.97. The van der Waals surface area contributed by atoms with Gasteiger partial charge in [-0.2, -0.15) is 5.10 Å². The van der Waals surface area contributed by atoms with E-state index in [0.717, 1.165) is 32.5 Å². The van der Waals surface area contributed by atoms with Gasteiger partial charge in [-0.15, -0.1) is 0 Å². The molecular formula is C19H26N4O2. The van der Waals surface area contributed by atoms with Crippen LogP contribution >= 0.6 is 0 Å². The lowest BCUT2D eigenvalue weighted by Crippen LogP contribution is -2.38. The summed E-state index contributed by atoms with van der Waals surface area (Å²) in [5.74, 6) is 0.717. The molecule has 0 aliphatic carbocycles. The van der Waals surface area contributed by atoms with E-state index in [2.05, 4.69) is 10.00 Å². The summed E-state index contributed by atoms with van der Waals surface area (Å²) in [6, 6.07) is 9.63. The molecule has 25 heavy (non-hydrogen) atoms. The summed E-state index contributed by atoms with van der Waals surface area (Å²) >= 11 is 0. The molecule has 1 saturated heterocycles. The molecule has 1 aromatic heterocycles. The van der Waals surface area contributed by atoms with E-state index in [9.17, 15) is 4.79 Å². The number of rotatable bonds is 7. The highest BCUT2D eigenvalue weighted by Gasteiger charge is 2.31. The van der Waals surface area contributed by atoms with Gasteiger partial charge < -0.3 is 14.5 Å². The first kappa shape index (κ1) is 17.5. The lowest BCUT2D eigenvalue weighted by Gasteiger charge is -2.25. The van der Waals surface area contributed by atoms with E-state index in [-0.39, 0.29) is 11.9 Å². The van der Waals surface area contributed by atoms with Gasteiger partial charge in [-0.3, -0.25) is 9.48 Å². The second kappa shape index (κ2) is 8.16. The van der Waals surface area contributed by atoms with Crippen molar-refractivity contribution in [3.63, 3.8) is 0 Å². The summed E-state index contributed by atoms with van der Waals surface area (Å²) < 4.78 is 7.76. The van der Waals surface area contributed by atoms with E-state index in [1.165, 1.54) is 0 Å². The Morgan fingerprint density at radius 1 is 1.32 bits per heavy atom. The Balaban J connectivity index is 1.71. The molecule has 2 heterocycles. The van der Waals surface area contributed by atoms with Crippen LogP contribution in [0.15, 0.2) is 42.7 Å². The fourth-order valence-electron chi connectivity index (χ4n) is 3.18. The van der Waals surface area contributed by atoms with Gasteiger partial charge in [0.1, 0.15) is 12.4 Å². The van der Waals surface area contributed by atoms with Crippen LogP contribution in [0.3, 0.4) is 0 Å². The van der Waals surface area contributed by atoms with Crippen molar-refractivity contribution in [1.82, 2.24) is 19.6 Å². The Morgan fingerprint density at radius 2 is 2.16 bits per heavy atom. The second-order valence-corrected chi connectivity index (χ2v) is 6.67. The van der Waals surface area contributed by atoms with Crippen molar-refractivity contribution in [2.75, 3.05) is 33.8 Å². The van der Waals surface area contributed by atoms with Gasteiger partial charge in [0.25, 0.3) is 5.91 Å². The predicted molar refractivity (Wildman–Crippen MR) is 96.8 cm³/mol. The molecule has 1 amide bonds. The number of benzene rings is 1. The monoisotopic (exact) mass is 342 g/mol. The van der Waals surface area contributed by atoms with Crippen molar-refractivity contribution in [2.45, 2.75) is 25.4 Å². The molecule has 0 radical (unpaired) electrons. The van der Waals surface area contributed by atoms with Gasteiger partial charge in [-0.1, -0.05) is 12.1 Å². The Kier molecular flexibility index (Phi) is 5.71. The third kappa shape index (κ3) is 4.39. The smallest absolute Gasteiger partial charge is 0.257 e. The number of hydrogen-bond donors (Lipinski definition) is 0. The lowest BCUT2D eigenvalue weighted by atomic mass is 10.1. The van der Waals surface area contributed by atoms with Crippen molar-refractivity contribution in [1.29, 1.82) is 0 Å². The summed E-state index contributed by atoms with van der Waals surface area (Å²) in [6.45, 7) is 2.90. The van der Waals surface area contributed by atoms with E-state index in [0.29, 0.717) is 17.9 Å². The number of amides is 1. The third-order valence-electron chi connectivity index (χ3n) is 4.51. The third-order valence-corrected chi connectivity index (χ3v) is 4.51. The molecule has 0 bridgehead atoms. The quantitative estimate of drug-likeness (QED) is 0.773. The van der Waals surface area contributed by atoms with Crippen molar-refractivity contribution < 1.29 is 9.53 Å². The average Bonchev–Trinajstić information content (AvgIpc) is 3.27. The van der Waals surface area contributed by atoms with Crippen molar-refractivity contribution >= 4 is 5.91 Å². The minimum atomic E-state index is 0.0510. The van der Waals surface area contributed by atoms with Crippen LogP contribution in [0.5, 0.6) is 5.75 Å². The van der Waals surface area contributed by atoms with Gasteiger partial charge in [0.15, 0.2) is 0 Å². The zero-order chi connectivity index (χ0) is 17.6. The average molecular weight is 342 g/mol. The second-order valence-electron chi connectivity index (χ2n) is 6.67. The normalized spacial score (nSPS) is 17.2. The number of hydrogen-bond acceptors (Lipinski definition) is 4. The van der Waals surface area contributed by atoms with E-state index >= 15 is 0 Å². The Morgan fingerprint density at radius 3 is 2.92 bits per heavy atom. The van der Waals surface area contributed by atoms with Crippen LogP contribution in [0.25, 0.3) is 0 Å². The summed E-state index contributed by atoms with van der Waals surface area (Å²) in [4.78, 5) is 17.1. The zero-order valence-electron chi connectivity index (χ0n) is 15.0. The first-order chi connectivity index (χ1) is 12.1. The number of para-hydroxylation sites is 1. The number of likely N-dealkylation sites (tertiary alicyclic amines) is 1. The number of nitrogens with zero attached hydrogens (tertiary/aromatic N) is 4. The summed E-state index contributed by atoms with van der Waals surface area (Å²) in [6.07, 6.45) is 5.75. The predicted octanol–water partition coefficient (Wildman–Crippen LogP) is 2.13. The largest absolute Gasteiger partial charge is 0.491 e. The molecule has 1 aliphatic rings. The first-order valence-electron chi connectivity index (χ1n) is 8.80. The van der Waals surface area contributed by atoms with Gasteiger partial charge >= 0.3 is 0 Å². The van der Waals surface area contributed by atoms with E-state index < -0.39 is 0 Å². The van der Waals surface area contributed by atoms with E-state index in [1.807, 2.05) is 60.2 Å². The topological polar surface area (TPSA) is 50.6 Å². The molecule has 1 aliphatic heterocycles. The van der Waals surface area contributed by atoms with Gasteiger partial charge in [-0.25, -0.2) is 0 Å². The maximum atomic E-state index is 13.1. The molecule has 0 unspecified atom stereocenters. The molecule has 3 rings (SSSR count). The van der Waals surface area contributed by atoms with E-state index in [4.69, 9.17) is 4.74 Å². The molecule has 1 atom stereocenters. The van der Waals surface area contributed by atoms with Crippen molar-refractivity contribution in [3.05, 3.63) is 48.3 Å². The maximum Gasteiger partial charge on any atom is 0.257 e. The molecular weight excluding hydrogens is 316 g/mol. The summed E-state index contributed by atoms with van der Waals surface area (Å²) in [5.41, 5.74) is 0.647. The first-order valence-corrected chi connectivity index (χ1v) is 8.80. The molecule has 0 spiro atoms. The van der Waals surface area contributed by atoms with E-state index in [1.54, 1.807) is 6.20 Å². The molecule has 1 aromatic carbocycles. The van der Waals surface area contributed by atoms with Crippen LogP contribution in [-0.2, 0) is 6.54 Å². The van der Waals surface area contributed by atoms with Crippen LogP contribution in [0.2, 0.25) is 0 Å². The number of likely N-dealkylation sites (N-methyl/N-ethyl adjacent to an activating group) is 1. The van der Waals surface area contributed by atoms with Gasteiger partial charge in [-0.05, 0) is 45.1 Å². The molecule has 6 heteroatoms. The van der Waals surface area contributed by atoms with Crippen LogP contribution in [-0.4, -0.2) is 65.3 Å². The number of ether oxygens (including phenoxy) is 1. The standard InChI is InChI=1S/C19H26N4O2/c1-21(2)13-14-25-18-9-4-3-8-17(18)19(24)23-12-5-7-16(23)15-22-11-6-10-20-22/h3-4,6,8-11,16H,5,7,12-15H2,1-2H3/t16-/m1/s1. The fraction of sp³-hybridized carbons (Fsp3) is 0.474. The van der Waals surface area contributed by atoms with Gasteiger partial charge in [0, 0.05) is 25.5 Å². The number of aromatic nitrogens is 2. The molecule has 6 nitrogen and oxygen atoms in total. The highest BCUT2D eigenvalue weighted by Crippen LogP contribution is 2.26. The molecule has 0 N–H and O–H groups in total. The fourth-order valence-corrected chi connectivity index (χ4v) is 3.18. The van der Waals surface area contributed by atoms with Crippen LogP contribution in [0.1, 0.15) is 23.2 Å². The molecule has 1 fully saturated rings. The zero-order valence-corrected chi connectivity index (χ0v) is 15.0. The summed E-state index contributed by atoms with van der Waals surface area (Å²) in [5, 5.41) is 4.27. The van der Waals surface area contributed by atoms with Crippen molar-refractivity contribution in [2.24, 2.45) is 0 Å². The van der Waals surface area contributed by atoms with Gasteiger partial charge in [0.2, 0.25) is 0 Å². The number of carbonyl (C=O) groups is 1. The molecule has 0 saturated carbocycles. The van der Waals surface area contributed by atoms with Crippen LogP contribution in [0, 0.1) is 0 Å².